The van der Waals surface area contributed by atoms with Crippen molar-refractivity contribution in [1.29, 1.82) is 0 Å². The van der Waals surface area contributed by atoms with Gasteiger partial charge < -0.3 is 0 Å². The van der Waals surface area contributed by atoms with Gasteiger partial charge in [0.25, 0.3) is 0 Å². The minimum atomic E-state index is -3.52. The standard InChI is InChI=1S/C11H13NO2S/c1-4-11(2,3)12-15(13,14)10-8-6-5-7-9-10/h1,5-9,12H,2-3H3. The van der Waals surface area contributed by atoms with Crippen LogP contribution >= 0.6 is 0 Å². The quantitative estimate of drug-likeness (QED) is 0.787. The maximum absolute atomic E-state index is 11.8. The van der Waals surface area contributed by atoms with Crippen LogP contribution in [0.1, 0.15) is 13.8 Å². The lowest BCUT2D eigenvalue weighted by Gasteiger charge is -2.19. The van der Waals surface area contributed by atoms with E-state index < -0.39 is 15.6 Å². The smallest absolute Gasteiger partial charge is 0.207 e. The van der Waals surface area contributed by atoms with Gasteiger partial charge in [-0.3, -0.25) is 0 Å². The fourth-order valence-electron chi connectivity index (χ4n) is 1.02. The van der Waals surface area contributed by atoms with Gasteiger partial charge in [-0.1, -0.05) is 24.1 Å². The molecule has 0 radical (unpaired) electrons. The summed E-state index contributed by atoms with van der Waals surface area (Å²) in [6, 6.07) is 8.13. The molecule has 3 nitrogen and oxygen atoms in total. The van der Waals surface area contributed by atoms with Gasteiger partial charge in [-0.2, -0.15) is 4.72 Å². The van der Waals surface area contributed by atoms with Crippen LogP contribution in [0, 0.1) is 12.3 Å². The van der Waals surface area contributed by atoms with Gasteiger partial charge in [0, 0.05) is 0 Å². The first-order chi connectivity index (χ1) is 6.87. The van der Waals surface area contributed by atoms with E-state index in [1.54, 1.807) is 32.0 Å². The third-order valence-corrected chi connectivity index (χ3v) is 3.48. The molecule has 0 fully saturated rings. The van der Waals surface area contributed by atoms with E-state index >= 15 is 0 Å². The first-order valence-corrected chi connectivity index (χ1v) is 5.92. The summed E-state index contributed by atoms with van der Waals surface area (Å²) in [5.41, 5.74) is -0.880. The van der Waals surface area contributed by atoms with E-state index in [1.165, 1.54) is 12.1 Å². The van der Waals surface area contributed by atoms with Crippen LogP contribution in [0.5, 0.6) is 0 Å². The van der Waals surface area contributed by atoms with Gasteiger partial charge in [0.15, 0.2) is 0 Å². The third kappa shape index (κ3) is 3.08. The molecule has 1 rings (SSSR count). The SMILES string of the molecule is C#CC(C)(C)NS(=O)(=O)c1ccccc1. The molecule has 0 aliphatic rings. The second kappa shape index (κ2) is 4.05. The van der Waals surface area contributed by atoms with Crippen LogP contribution in [0.2, 0.25) is 0 Å². The first kappa shape index (κ1) is 11.8. The number of terminal acetylenes is 1. The van der Waals surface area contributed by atoms with Crippen LogP contribution in [0.3, 0.4) is 0 Å². The summed E-state index contributed by atoms with van der Waals surface area (Å²) in [7, 11) is -3.52. The summed E-state index contributed by atoms with van der Waals surface area (Å²) in [6.45, 7) is 3.26. The minimum Gasteiger partial charge on any atom is -0.207 e. The zero-order chi connectivity index (χ0) is 11.5. The molecule has 1 aromatic rings. The molecule has 80 valence electrons. The van der Waals surface area contributed by atoms with Gasteiger partial charge in [0.1, 0.15) is 0 Å². The highest BCUT2D eigenvalue weighted by atomic mass is 32.2. The van der Waals surface area contributed by atoms with Gasteiger partial charge in [-0.15, -0.1) is 6.42 Å². The zero-order valence-corrected chi connectivity index (χ0v) is 9.51. The van der Waals surface area contributed by atoms with Crippen molar-refractivity contribution in [2.75, 3.05) is 0 Å². The molecular weight excluding hydrogens is 210 g/mol. The summed E-state index contributed by atoms with van der Waals surface area (Å²) >= 11 is 0. The van der Waals surface area contributed by atoms with Crippen molar-refractivity contribution < 1.29 is 8.42 Å². The summed E-state index contributed by atoms with van der Waals surface area (Å²) in [6.07, 6.45) is 5.21. The topological polar surface area (TPSA) is 46.2 Å². The Hall–Kier alpha value is -1.31. The van der Waals surface area contributed by atoms with E-state index in [9.17, 15) is 8.42 Å². The van der Waals surface area contributed by atoms with E-state index in [2.05, 4.69) is 10.6 Å². The van der Waals surface area contributed by atoms with E-state index in [0.717, 1.165) is 0 Å². The molecule has 0 aromatic heterocycles. The molecule has 0 amide bonds. The van der Waals surface area contributed by atoms with E-state index in [-0.39, 0.29) is 4.90 Å². The highest BCUT2D eigenvalue weighted by molar-refractivity contribution is 7.89. The lowest BCUT2D eigenvalue weighted by atomic mass is 10.1. The van der Waals surface area contributed by atoms with Crippen LogP contribution < -0.4 is 4.72 Å². The zero-order valence-electron chi connectivity index (χ0n) is 8.69. The summed E-state index contributed by atoms with van der Waals surface area (Å²) in [5.74, 6) is 2.38. The van der Waals surface area contributed by atoms with Crippen molar-refractivity contribution in [1.82, 2.24) is 4.72 Å². The van der Waals surface area contributed by atoms with Crippen molar-refractivity contribution in [3.8, 4) is 12.3 Å². The van der Waals surface area contributed by atoms with E-state index in [4.69, 9.17) is 6.42 Å². The predicted octanol–water partition coefficient (Wildman–Crippen LogP) is 1.38. The lowest BCUT2D eigenvalue weighted by molar-refractivity contribution is 0.539. The molecule has 0 bridgehead atoms. The average Bonchev–Trinajstić information content (AvgIpc) is 2.18. The molecule has 0 saturated heterocycles. The number of nitrogens with one attached hydrogen (secondary N) is 1. The Morgan fingerprint density at radius 2 is 1.80 bits per heavy atom. The minimum absolute atomic E-state index is 0.216. The largest absolute Gasteiger partial charge is 0.241 e. The molecule has 0 saturated carbocycles. The Labute approximate surface area is 90.6 Å². The normalized spacial score (nSPS) is 12.1. The van der Waals surface area contributed by atoms with Gasteiger partial charge in [0.05, 0.1) is 10.4 Å². The second-order valence-corrected chi connectivity index (χ2v) is 5.37. The Morgan fingerprint density at radius 1 is 1.27 bits per heavy atom. The first-order valence-electron chi connectivity index (χ1n) is 4.44. The molecule has 1 aromatic carbocycles. The Balaban J connectivity index is 3.03. The molecular formula is C11H13NO2S. The molecule has 4 heteroatoms. The Kier molecular flexibility index (Phi) is 3.18. The molecule has 15 heavy (non-hydrogen) atoms. The lowest BCUT2D eigenvalue weighted by Crippen LogP contribution is -2.41. The number of hydrogen-bond donors (Lipinski definition) is 1. The monoisotopic (exact) mass is 223 g/mol. The number of sulfonamides is 1. The van der Waals surface area contributed by atoms with Crippen LogP contribution in [0.4, 0.5) is 0 Å². The Bertz CT molecular complexity index is 469. The fraction of sp³-hybridized carbons (Fsp3) is 0.273. The molecule has 1 N–H and O–H groups in total. The van der Waals surface area contributed by atoms with Gasteiger partial charge in [-0.05, 0) is 26.0 Å². The molecule has 0 spiro atoms. The van der Waals surface area contributed by atoms with Crippen molar-refractivity contribution in [2.45, 2.75) is 24.3 Å². The van der Waals surface area contributed by atoms with Crippen LogP contribution in [0.15, 0.2) is 35.2 Å². The summed E-state index contributed by atoms with van der Waals surface area (Å²) < 4.78 is 26.0. The predicted molar refractivity (Wildman–Crippen MR) is 59.7 cm³/mol. The van der Waals surface area contributed by atoms with Crippen LogP contribution in [-0.2, 0) is 10.0 Å². The highest BCUT2D eigenvalue weighted by Crippen LogP contribution is 2.11. The van der Waals surface area contributed by atoms with Gasteiger partial charge in [-0.25, -0.2) is 8.42 Å². The maximum atomic E-state index is 11.8. The van der Waals surface area contributed by atoms with E-state index in [0.29, 0.717) is 0 Å². The summed E-state index contributed by atoms with van der Waals surface area (Å²) in [5, 5.41) is 0. The Morgan fingerprint density at radius 3 is 2.27 bits per heavy atom. The maximum Gasteiger partial charge on any atom is 0.241 e. The van der Waals surface area contributed by atoms with E-state index in [1.807, 2.05) is 0 Å². The van der Waals surface area contributed by atoms with Crippen LogP contribution in [-0.4, -0.2) is 14.0 Å². The molecule has 0 heterocycles. The van der Waals surface area contributed by atoms with Gasteiger partial charge in [0.2, 0.25) is 10.0 Å². The average molecular weight is 223 g/mol. The number of benzene rings is 1. The molecule has 0 unspecified atom stereocenters. The number of rotatable bonds is 3. The molecule has 0 aliphatic heterocycles. The summed E-state index contributed by atoms with van der Waals surface area (Å²) in [4.78, 5) is 0.216. The third-order valence-electron chi connectivity index (χ3n) is 1.80. The van der Waals surface area contributed by atoms with Gasteiger partial charge >= 0.3 is 0 Å². The highest BCUT2D eigenvalue weighted by Gasteiger charge is 2.23. The van der Waals surface area contributed by atoms with Crippen molar-refractivity contribution >= 4 is 10.0 Å². The van der Waals surface area contributed by atoms with Crippen molar-refractivity contribution in [3.05, 3.63) is 30.3 Å². The molecule has 0 atom stereocenters. The van der Waals surface area contributed by atoms with Crippen LogP contribution in [0.25, 0.3) is 0 Å². The fourth-order valence-corrected chi connectivity index (χ4v) is 2.39. The van der Waals surface area contributed by atoms with Crippen molar-refractivity contribution in [2.24, 2.45) is 0 Å². The molecule has 0 aliphatic carbocycles. The van der Waals surface area contributed by atoms with Crippen molar-refractivity contribution in [3.63, 3.8) is 0 Å². The number of hydrogen-bond acceptors (Lipinski definition) is 2. The second-order valence-electron chi connectivity index (χ2n) is 3.69.